The van der Waals surface area contributed by atoms with Crippen LogP contribution >= 0.6 is 0 Å². The van der Waals surface area contributed by atoms with Crippen LogP contribution in [0.15, 0.2) is 71.5 Å². The topological polar surface area (TPSA) is 34.0 Å². The van der Waals surface area contributed by atoms with Crippen LogP contribution in [0.3, 0.4) is 0 Å². The van der Waals surface area contributed by atoms with Crippen LogP contribution in [0.1, 0.15) is 0 Å². The van der Waals surface area contributed by atoms with Crippen molar-refractivity contribution in [2.24, 2.45) is 0 Å². The summed E-state index contributed by atoms with van der Waals surface area (Å²) in [7, 11) is 0. The molecule has 4 heteroatoms. The summed E-state index contributed by atoms with van der Waals surface area (Å²) in [6.07, 6.45) is 0. The number of rotatable bonds is 4. The number of benzene rings is 3. The second-order valence-electron chi connectivity index (χ2n) is 5.48. The molecule has 23 heavy (non-hydrogen) atoms. The number of hydrogen-bond donors (Lipinski definition) is 1. The molecule has 0 aliphatic heterocycles. The SMILES string of the molecule is O=c1[se]c2ccccc2n1CCNc1ccc2ccccc2c1. The molecule has 4 aromatic rings. The number of hydrogen-bond acceptors (Lipinski definition) is 2. The minimum atomic E-state index is -0.0699. The third kappa shape index (κ3) is 2.83. The summed E-state index contributed by atoms with van der Waals surface area (Å²) in [4.78, 5) is 12.2. The van der Waals surface area contributed by atoms with Gasteiger partial charge in [0.05, 0.1) is 0 Å². The first kappa shape index (κ1) is 14.3. The molecule has 4 rings (SSSR count). The fourth-order valence-corrected chi connectivity index (χ4v) is 4.76. The van der Waals surface area contributed by atoms with Gasteiger partial charge in [0, 0.05) is 0 Å². The van der Waals surface area contributed by atoms with Crippen LogP contribution in [0, 0.1) is 0 Å². The summed E-state index contributed by atoms with van der Waals surface area (Å²) in [5.41, 5.74) is 2.17. The van der Waals surface area contributed by atoms with Gasteiger partial charge >= 0.3 is 140 Å². The van der Waals surface area contributed by atoms with Crippen LogP contribution in [0.5, 0.6) is 0 Å². The number of nitrogens with one attached hydrogen (secondary N) is 1. The fraction of sp³-hybridized carbons (Fsp3) is 0.105. The molecule has 0 saturated heterocycles. The van der Waals surface area contributed by atoms with Crippen molar-refractivity contribution in [1.82, 2.24) is 4.57 Å². The van der Waals surface area contributed by atoms with E-state index in [-0.39, 0.29) is 18.9 Å². The van der Waals surface area contributed by atoms with Gasteiger partial charge in [0.15, 0.2) is 0 Å². The van der Waals surface area contributed by atoms with Crippen LogP contribution in [-0.2, 0) is 6.54 Å². The molecule has 0 bridgehead atoms. The predicted octanol–water partition coefficient (Wildman–Crippen LogP) is 3.32. The van der Waals surface area contributed by atoms with Crippen molar-refractivity contribution in [1.29, 1.82) is 0 Å². The normalized spacial score (nSPS) is 11.1. The van der Waals surface area contributed by atoms with Crippen molar-refractivity contribution >= 4 is 40.7 Å². The van der Waals surface area contributed by atoms with E-state index in [0.29, 0.717) is 6.54 Å². The van der Waals surface area contributed by atoms with Gasteiger partial charge in [-0.15, -0.1) is 0 Å². The number of anilines is 1. The molecule has 0 aliphatic carbocycles. The van der Waals surface area contributed by atoms with E-state index in [4.69, 9.17) is 0 Å². The van der Waals surface area contributed by atoms with Crippen molar-refractivity contribution in [3.8, 4) is 0 Å². The van der Waals surface area contributed by atoms with E-state index in [0.717, 1.165) is 17.7 Å². The molecule has 0 spiro atoms. The second-order valence-corrected chi connectivity index (χ2v) is 7.56. The molecule has 3 aromatic carbocycles. The Hall–Kier alpha value is -2.29. The molecule has 1 heterocycles. The molecule has 0 amide bonds. The molecule has 114 valence electrons. The Morgan fingerprint density at radius 3 is 2.61 bits per heavy atom. The van der Waals surface area contributed by atoms with Crippen molar-refractivity contribution in [3.63, 3.8) is 0 Å². The Bertz CT molecular complexity index is 1030. The van der Waals surface area contributed by atoms with Crippen LogP contribution in [0.4, 0.5) is 5.69 Å². The molecular formula is C19H16N2OSe. The first-order chi connectivity index (χ1) is 11.3. The molecule has 1 aromatic heterocycles. The average Bonchev–Trinajstić information content (AvgIpc) is 2.90. The van der Waals surface area contributed by atoms with Gasteiger partial charge in [-0.25, -0.2) is 0 Å². The Balaban J connectivity index is 1.52. The van der Waals surface area contributed by atoms with Crippen molar-refractivity contribution in [3.05, 3.63) is 76.0 Å². The van der Waals surface area contributed by atoms with Crippen LogP contribution in [0.25, 0.3) is 20.5 Å². The van der Waals surface area contributed by atoms with Gasteiger partial charge in [0.2, 0.25) is 0 Å². The van der Waals surface area contributed by atoms with E-state index >= 15 is 0 Å². The van der Waals surface area contributed by atoms with Crippen molar-refractivity contribution in [2.75, 3.05) is 11.9 Å². The van der Waals surface area contributed by atoms with Gasteiger partial charge in [-0.2, -0.15) is 0 Å². The summed E-state index contributed by atoms with van der Waals surface area (Å²) in [5, 5.41) is 5.89. The van der Waals surface area contributed by atoms with Gasteiger partial charge in [0.1, 0.15) is 0 Å². The summed E-state index contributed by atoms with van der Waals surface area (Å²) in [6.45, 7) is 1.44. The molecular weight excluding hydrogens is 351 g/mol. The Labute approximate surface area is 139 Å². The van der Waals surface area contributed by atoms with Gasteiger partial charge in [0.25, 0.3) is 0 Å². The molecule has 0 saturated carbocycles. The predicted molar refractivity (Wildman–Crippen MR) is 97.6 cm³/mol. The molecule has 1 N–H and O–H groups in total. The monoisotopic (exact) mass is 368 g/mol. The van der Waals surface area contributed by atoms with Crippen LogP contribution in [0.2, 0.25) is 0 Å². The number of para-hydroxylation sites is 1. The van der Waals surface area contributed by atoms with E-state index in [1.54, 1.807) is 0 Å². The van der Waals surface area contributed by atoms with Gasteiger partial charge in [-0.3, -0.25) is 0 Å². The van der Waals surface area contributed by atoms with E-state index in [9.17, 15) is 4.79 Å². The van der Waals surface area contributed by atoms with Gasteiger partial charge < -0.3 is 0 Å². The van der Waals surface area contributed by atoms with E-state index in [2.05, 4.69) is 41.7 Å². The minimum absolute atomic E-state index is 0.0699. The zero-order chi connectivity index (χ0) is 15.6. The maximum absolute atomic E-state index is 12.2. The zero-order valence-corrected chi connectivity index (χ0v) is 14.2. The summed E-state index contributed by atoms with van der Waals surface area (Å²) >= 11 is -0.0699. The maximum atomic E-state index is 12.2. The van der Waals surface area contributed by atoms with Gasteiger partial charge in [-0.05, 0) is 0 Å². The summed E-state index contributed by atoms with van der Waals surface area (Å²) in [5.74, 6) is 0. The summed E-state index contributed by atoms with van der Waals surface area (Å²) < 4.78 is 3.35. The number of nitrogens with zero attached hydrogens (tertiary/aromatic N) is 1. The molecule has 0 aliphatic rings. The van der Waals surface area contributed by atoms with Gasteiger partial charge in [-0.1, -0.05) is 0 Å². The average molecular weight is 367 g/mol. The quantitative estimate of drug-likeness (QED) is 0.562. The third-order valence-electron chi connectivity index (χ3n) is 3.99. The van der Waals surface area contributed by atoms with Crippen LogP contribution in [-0.4, -0.2) is 25.6 Å². The Morgan fingerprint density at radius 1 is 0.913 bits per heavy atom. The second kappa shape index (κ2) is 6.07. The zero-order valence-electron chi connectivity index (χ0n) is 12.5. The molecule has 0 unspecified atom stereocenters. The molecule has 3 nitrogen and oxygen atoms in total. The third-order valence-corrected chi connectivity index (χ3v) is 6.00. The molecule has 0 radical (unpaired) electrons. The first-order valence-corrected chi connectivity index (χ1v) is 9.34. The Morgan fingerprint density at radius 2 is 1.70 bits per heavy atom. The van der Waals surface area contributed by atoms with E-state index in [1.807, 2.05) is 34.9 Å². The standard InChI is InChI=1S/C19H16N2OSe/c22-19-21(17-7-3-4-8-18(17)23-19)12-11-20-16-10-9-14-5-1-2-6-15(14)13-16/h1-10,13,20H,11-12H2. The Kier molecular flexibility index (Phi) is 3.78. The van der Waals surface area contributed by atoms with E-state index < -0.39 is 0 Å². The summed E-state index contributed by atoms with van der Waals surface area (Å²) in [6, 6.07) is 22.8. The van der Waals surface area contributed by atoms with Crippen molar-refractivity contribution < 1.29 is 0 Å². The molecule has 0 fully saturated rings. The number of aromatic nitrogens is 1. The number of fused-ring (bicyclic) bond motifs is 2. The van der Waals surface area contributed by atoms with Crippen LogP contribution < -0.4 is 9.75 Å². The molecule has 0 atom stereocenters. The van der Waals surface area contributed by atoms with Crippen molar-refractivity contribution in [2.45, 2.75) is 6.54 Å². The van der Waals surface area contributed by atoms with E-state index in [1.165, 1.54) is 15.0 Å². The fourth-order valence-electron chi connectivity index (χ4n) is 2.84. The first-order valence-electron chi connectivity index (χ1n) is 7.62.